The Labute approximate surface area is 104 Å². The van der Waals surface area contributed by atoms with E-state index in [1.54, 1.807) is 0 Å². The first-order valence-corrected chi connectivity index (χ1v) is 7.33. The maximum absolute atomic E-state index is 11.9. The molecule has 2 unspecified atom stereocenters. The Bertz CT molecular complexity index is 276. The van der Waals surface area contributed by atoms with Gasteiger partial charge in [0.15, 0.2) is 0 Å². The third kappa shape index (κ3) is 2.82. The summed E-state index contributed by atoms with van der Waals surface area (Å²) >= 11 is 0. The molecule has 3 rings (SSSR count). The number of likely N-dealkylation sites (tertiary alicyclic amines) is 1. The number of carbonyl (C=O) groups is 1. The molecule has 1 saturated heterocycles. The van der Waals surface area contributed by atoms with Crippen molar-refractivity contribution in [3.8, 4) is 0 Å². The first-order valence-electron chi connectivity index (χ1n) is 7.33. The molecule has 3 heteroatoms. The zero-order chi connectivity index (χ0) is 11.7. The SMILES string of the molecule is O=C(NCCN1CCCCC1)C1CC2CC2C1. The van der Waals surface area contributed by atoms with Gasteiger partial charge >= 0.3 is 0 Å². The van der Waals surface area contributed by atoms with Gasteiger partial charge in [0.1, 0.15) is 0 Å². The van der Waals surface area contributed by atoms with E-state index < -0.39 is 0 Å². The zero-order valence-electron chi connectivity index (χ0n) is 10.7. The van der Waals surface area contributed by atoms with E-state index in [2.05, 4.69) is 10.2 Å². The van der Waals surface area contributed by atoms with Crippen LogP contribution in [0, 0.1) is 17.8 Å². The molecule has 2 atom stereocenters. The molecule has 3 fully saturated rings. The molecular weight excluding hydrogens is 212 g/mol. The van der Waals surface area contributed by atoms with Crippen molar-refractivity contribution in [1.29, 1.82) is 0 Å². The van der Waals surface area contributed by atoms with Crippen LogP contribution >= 0.6 is 0 Å². The normalized spacial score (nSPS) is 36.6. The number of hydrogen-bond donors (Lipinski definition) is 1. The Kier molecular flexibility index (Phi) is 3.37. The molecule has 0 aromatic heterocycles. The fraction of sp³-hybridized carbons (Fsp3) is 0.929. The number of piperidine rings is 1. The highest BCUT2D eigenvalue weighted by atomic mass is 16.1. The summed E-state index contributed by atoms with van der Waals surface area (Å²) in [6.07, 6.45) is 7.78. The van der Waals surface area contributed by atoms with Gasteiger partial charge in [0.25, 0.3) is 0 Å². The van der Waals surface area contributed by atoms with Gasteiger partial charge in [-0.25, -0.2) is 0 Å². The summed E-state index contributed by atoms with van der Waals surface area (Å²) in [6, 6.07) is 0. The van der Waals surface area contributed by atoms with Crippen LogP contribution < -0.4 is 5.32 Å². The second-order valence-corrected chi connectivity index (χ2v) is 6.12. The Hall–Kier alpha value is -0.570. The molecule has 3 nitrogen and oxygen atoms in total. The second kappa shape index (κ2) is 4.97. The lowest BCUT2D eigenvalue weighted by molar-refractivity contribution is -0.125. The minimum absolute atomic E-state index is 0.328. The summed E-state index contributed by atoms with van der Waals surface area (Å²) in [5.74, 6) is 2.50. The maximum Gasteiger partial charge on any atom is 0.223 e. The van der Waals surface area contributed by atoms with Gasteiger partial charge in [-0.1, -0.05) is 6.42 Å². The molecule has 0 spiro atoms. The van der Waals surface area contributed by atoms with Crippen LogP contribution in [0.1, 0.15) is 38.5 Å². The lowest BCUT2D eigenvalue weighted by atomic mass is 10.0. The summed E-state index contributed by atoms with van der Waals surface area (Å²) in [7, 11) is 0. The number of carbonyl (C=O) groups excluding carboxylic acids is 1. The number of hydrogen-bond acceptors (Lipinski definition) is 2. The zero-order valence-corrected chi connectivity index (χ0v) is 10.7. The molecule has 1 amide bonds. The Morgan fingerprint density at radius 1 is 1.06 bits per heavy atom. The Morgan fingerprint density at radius 2 is 1.76 bits per heavy atom. The Morgan fingerprint density at radius 3 is 2.47 bits per heavy atom. The van der Waals surface area contributed by atoms with E-state index in [1.165, 1.54) is 51.6 Å². The van der Waals surface area contributed by atoms with Crippen molar-refractivity contribution < 1.29 is 4.79 Å². The second-order valence-electron chi connectivity index (χ2n) is 6.12. The van der Waals surface area contributed by atoms with E-state index in [1.807, 2.05) is 0 Å². The summed E-state index contributed by atoms with van der Waals surface area (Å²) in [5.41, 5.74) is 0. The standard InChI is InChI=1S/C14H24N2O/c17-14(13-9-11-8-12(11)10-13)15-4-7-16-5-2-1-3-6-16/h11-13H,1-10H2,(H,15,17). The fourth-order valence-electron chi connectivity index (χ4n) is 3.59. The van der Waals surface area contributed by atoms with Crippen LogP contribution in [-0.2, 0) is 4.79 Å². The maximum atomic E-state index is 11.9. The molecule has 96 valence electrons. The van der Waals surface area contributed by atoms with Gasteiger partial charge in [0, 0.05) is 19.0 Å². The minimum atomic E-state index is 0.328. The molecule has 1 heterocycles. The molecule has 1 aliphatic heterocycles. The van der Waals surface area contributed by atoms with Gasteiger partial charge in [0.2, 0.25) is 5.91 Å². The molecule has 0 aromatic carbocycles. The summed E-state index contributed by atoms with van der Waals surface area (Å²) in [5, 5.41) is 3.13. The predicted molar refractivity (Wildman–Crippen MR) is 67.6 cm³/mol. The van der Waals surface area contributed by atoms with Crippen LogP contribution in [0.25, 0.3) is 0 Å². The highest BCUT2D eigenvalue weighted by Crippen LogP contribution is 2.54. The summed E-state index contributed by atoms with van der Waals surface area (Å²) < 4.78 is 0. The van der Waals surface area contributed by atoms with Gasteiger partial charge in [-0.05, 0) is 57.0 Å². The smallest absolute Gasteiger partial charge is 0.223 e. The van der Waals surface area contributed by atoms with E-state index in [0.717, 1.165) is 24.9 Å². The van der Waals surface area contributed by atoms with E-state index in [9.17, 15) is 4.79 Å². The average molecular weight is 236 g/mol. The quantitative estimate of drug-likeness (QED) is 0.804. The highest BCUT2D eigenvalue weighted by molar-refractivity contribution is 5.79. The summed E-state index contributed by atoms with van der Waals surface area (Å²) in [6.45, 7) is 4.35. The van der Waals surface area contributed by atoms with E-state index >= 15 is 0 Å². The molecule has 0 aromatic rings. The van der Waals surface area contributed by atoms with Crippen molar-refractivity contribution >= 4 is 5.91 Å². The third-order valence-corrected chi connectivity index (χ3v) is 4.79. The van der Waals surface area contributed by atoms with Crippen molar-refractivity contribution in [2.75, 3.05) is 26.2 Å². The van der Waals surface area contributed by atoms with Crippen molar-refractivity contribution in [2.24, 2.45) is 17.8 Å². The first kappa shape index (κ1) is 11.5. The van der Waals surface area contributed by atoms with Crippen molar-refractivity contribution in [2.45, 2.75) is 38.5 Å². The molecule has 1 N–H and O–H groups in total. The molecule has 2 saturated carbocycles. The minimum Gasteiger partial charge on any atom is -0.355 e. The highest BCUT2D eigenvalue weighted by Gasteiger charge is 2.47. The molecule has 0 bridgehead atoms. The van der Waals surface area contributed by atoms with Gasteiger partial charge in [-0.2, -0.15) is 0 Å². The van der Waals surface area contributed by atoms with Crippen molar-refractivity contribution in [1.82, 2.24) is 10.2 Å². The lowest BCUT2D eigenvalue weighted by Crippen LogP contribution is -2.39. The molecule has 2 aliphatic carbocycles. The molecule has 0 radical (unpaired) electrons. The van der Waals surface area contributed by atoms with Crippen LogP contribution in [0.2, 0.25) is 0 Å². The molecule has 3 aliphatic rings. The first-order chi connectivity index (χ1) is 8.33. The van der Waals surface area contributed by atoms with E-state index in [-0.39, 0.29) is 0 Å². The number of rotatable bonds is 4. The third-order valence-electron chi connectivity index (χ3n) is 4.79. The number of nitrogens with zero attached hydrogens (tertiary/aromatic N) is 1. The largest absolute Gasteiger partial charge is 0.355 e. The molecular formula is C14H24N2O. The van der Waals surface area contributed by atoms with E-state index in [4.69, 9.17) is 0 Å². The lowest BCUT2D eigenvalue weighted by Gasteiger charge is -2.26. The topological polar surface area (TPSA) is 32.3 Å². The van der Waals surface area contributed by atoms with Crippen LogP contribution in [0.5, 0.6) is 0 Å². The summed E-state index contributed by atoms with van der Waals surface area (Å²) in [4.78, 5) is 14.4. The number of fused-ring (bicyclic) bond motifs is 1. The van der Waals surface area contributed by atoms with Crippen molar-refractivity contribution in [3.05, 3.63) is 0 Å². The van der Waals surface area contributed by atoms with Crippen LogP contribution in [0.3, 0.4) is 0 Å². The number of nitrogens with one attached hydrogen (secondary N) is 1. The van der Waals surface area contributed by atoms with Gasteiger partial charge in [-0.3, -0.25) is 4.79 Å². The Balaban J connectivity index is 1.32. The van der Waals surface area contributed by atoms with Crippen molar-refractivity contribution in [3.63, 3.8) is 0 Å². The fourth-order valence-corrected chi connectivity index (χ4v) is 3.59. The van der Waals surface area contributed by atoms with Crippen LogP contribution in [-0.4, -0.2) is 37.0 Å². The van der Waals surface area contributed by atoms with Crippen LogP contribution in [0.4, 0.5) is 0 Å². The van der Waals surface area contributed by atoms with Gasteiger partial charge in [-0.15, -0.1) is 0 Å². The molecule has 17 heavy (non-hydrogen) atoms. The average Bonchev–Trinajstić information content (AvgIpc) is 2.97. The predicted octanol–water partition coefficient (Wildman–Crippen LogP) is 1.63. The van der Waals surface area contributed by atoms with E-state index in [0.29, 0.717) is 11.8 Å². The van der Waals surface area contributed by atoms with Gasteiger partial charge in [0.05, 0.1) is 0 Å². The number of amides is 1. The monoisotopic (exact) mass is 236 g/mol. The van der Waals surface area contributed by atoms with Gasteiger partial charge < -0.3 is 10.2 Å². The van der Waals surface area contributed by atoms with Crippen LogP contribution in [0.15, 0.2) is 0 Å².